The van der Waals surface area contributed by atoms with E-state index in [1.165, 1.54) is 12.1 Å². The van der Waals surface area contributed by atoms with E-state index in [1.807, 2.05) is 0 Å². The Morgan fingerprint density at radius 2 is 1.96 bits per heavy atom. The second-order valence-electron chi connectivity index (χ2n) is 6.58. The summed E-state index contributed by atoms with van der Waals surface area (Å²) in [7, 11) is 0. The lowest BCUT2D eigenvalue weighted by molar-refractivity contribution is -0.143. The van der Waals surface area contributed by atoms with E-state index in [0.29, 0.717) is 23.7 Å². The highest BCUT2D eigenvalue weighted by Crippen LogP contribution is 2.34. The predicted octanol–water partition coefficient (Wildman–Crippen LogP) is 0.269. The van der Waals surface area contributed by atoms with Crippen molar-refractivity contribution >= 4 is 17.8 Å². The van der Waals surface area contributed by atoms with Crippen molar-refractivity contribution in [2.75, 3.05) is 19.9 Å². The number of carbonyl (C=O) groups excluding carboxylic acids is 1. The van der Waals surface area contributed by atoms with Crippen LogP contribution in [0.1, 0.15) is 30.9 Å². The van der Waals surface area contributed by atoms with Crippen molar-refractivity contribution in [3.8, 4) is 11.5 Å². The monoisotopic (exact) mass is 394 g/mol. The molecule has 28 heavy (non-hydrogen) atoms. The first kappa shape index (κ1) is 19.9. The molecule has 3 rings (SSSR count). The zero-order chi connectivity index (χ0) is 20.1. The third kappa shape index (κ3) is 4.90. The summed E-state index contributed by atoms with van der Waals surface area (Å²) in [6, 6.07) is 2.06. The van der Waals surface area contributed by atoms with Crippen molar-refractivity contribution in [2.45, 2.75) is 37.5 Å². The molecule has 152 valence electrons. The van der Waals surface area contributed by atoms with Gasteiger partial charge in [0.25, 0.3) is 0 Å². The average Bonchev–Trinajstić information content (AvgIpc) is 3.33. The van der Waals surface area contributed by atoms with Crippen LogP contribution in [0.3, 0.4) is 0 Å². The Morgan fingerprint density at radius 1 is 1.18 bits per heavy atom. The first-order valence-electron chi connectivity index (χ1n) is 8.93. The molecular weight excluding hydrogens is 372 g/mol. The topological polar surface area (TPSA) is 143 Å². The Balaban J connectivity index is 1.71. The minimum Gasteiger partial charge on any atom is -0.481 e. The van der Waals surface area contributed by atoms with Crippen LogP contribution in [0.5, 0.6) is 11.5 Å². The molecule has 4 N–H and O–H groups in total. The summed E-state index contributed by atoms with van der Waals surface area (Å²) in [4.78, 5) is 35.4. The Morgan fingerprint density at radius 3 is 2.64 bits per heavy atom. The molecule has 1 saturated heterocycles. The van der Waals surface area contributed by atoms with Gasteiger partial charge in [-0.15, -0.1) is 0 Å². The van der Waals surface area contributed by atoms with E-state index in [9.17, 15) is 19.5 Å². The largest absolute Gasteiger partial charge is 0.481 e. The lowest BCUT2D eigenvalue weighted by atomic mass is 10.0. The van der Waals surface area contributed by atoms with Crippen molar-refractivity contribution < 1.29 is 38.8 Å². The number of carboxylic acids is 2. The first-order chi connectivity index (χ1) is 13.4. The number of ether oxygens (including phenoxy) is 3. The van der Waals surface area contributed by atoms with Gasteiger partial charge in [-0.2, -0.15) is 0 Å². The fourth-order valence-electron chi connectivity index (χ4n) is 3.15. The minimum atomic E-state index is -1.30. The summed E-state index contributed by atoms with van der Waals surface area (Å²) < 4.78 is 15.9. The van der Waals surface area contributed by atoms with E-state index in [2.05, 4.69) is 10.6 Å². The lowest BCUT2D eigenvalue weighted by Gasteiger charge is -2.23. The van der Waals surface area contributed by atoms with Crippen LogP contribution in [-0.2, 0) is 19.1 Å². The van der Waals surface area contributed by atoms with Gasteiger partial charge in [-0.25, -0.2) is 0 Å². The smallest absolute Gasteiger partial charge is 0.325 e. The summed E-state index contributed by atoms with van der Waals surface area (Å²) >= 11 is 0. The zero-order valence-electron chi connectivity index (χ0n) is 15.1. The number of nitrogens with one attached hydrogen (secondary N) is 2. The maximum absolute atomic E-state index is 12.5. The van der Waals surface area contributed by atoms with E-state index in [1.54, 1.807) is 6.07 Å². The summed E-state index contributed by atoms with van der Waals surface area (Å²) in [5.74, 6) is -2.18. The quantitative estimate of drug-likeness (QED) is 0.464. The highest BCUT2D eigenvalue weighted by Gasteiger charge is 2.31. The molecule has 1 aromatic rings. The van der Waals surface area contributed by atoms with Gasteiger partial charge < -0.3 is 29.7 Å². The second-order valence-corrected chi connectivity index (χ2v) is 6.58. The van der Waals surface area contributed by atoms with Crippen molar-refractivity contribution in [1.82, 2.24) is 10.6 Å². The van der Waals surface area contributed by atoms with Crippen molar-refractivity contribution in [3.05, 3.63) is 23.8 Å². The molecule has 1 fully saturated rings. The highest BCUT2D eigenvalue weighted by molar-refractivity contribution is 5.87. The molecule has 1 aromatic carbocycles. The maximum Gasteiger partial charge on any atom is 0.325 e. The predicted molar refractivity (Wildman–Crippen MR) is 94.1 cm³/mol. The van der Waals surface area contributed by atoms with Gasteiger partial charge in [0, 0.05) is 13.2 Å². The van der Waals surface area contributed by atoms with Gasteiger partial charge in [0.1, 0.15) is 6.04 Å². The number of rotatable bonds is 9. The molecule has 3 unspecified atom stereocenters. The van der Waals surface area contributed by atoms with Crippen LogP contribution < -0.4 is 20.1 Å². The molecule has 1 amide bonds. The molecule has 3 atom stereocenters. The summed E-state index contributed by atoms with van der Waals surface area (Å²) in [5.41, 5.74) is 0.319. The van der Waals surface area contributed by atoms with E-state index < -0.39 is 36.4 Å². The molecular formula is C18H22N2O8. The van der Waals surface area contributed by atoms with E-state index in [-0.39, 0.29) is 19.4 Å². The van der Waals surface area contributed by atoms with Gasteiger partial charge >= 0.3 is 11.9 Å². The average molecular weight is 394 g/mol. The fraction of sp³-hybridized carbons (Fsp3) is 0.500. The lowest BCUT2D eigenvalue weighted by Crippen LogP contribution is -2.49. The first-order valence-corrected chi connectivity index (χ1v) is 8.93. The maximum atomic E-state index is 12.5. The number of fused-ring (bicyclic) bond motifs is 1. The Labute approximate surface area is 160 Å². The van der Waals surface area contributed by atoms with E-state index >= 15 is 0 Å². The van der Waals surface area contributed by atoms with Gasteiger partial charge in [0.05, 0.1) is 18.6 Å². The molecule has 0 radical (unpaired) electrons. The number of hydrogen-bond acceptors (Lipinski definition) is 7. The van der Waals surface area contributed by atoms with Crippen LogP contribution in [0.15, 0.2) is 18.2 Å². The van der Waals surface area contributed by atoms with Crippen molar-refractivity contribution in [2.24, 2.45) is 0 Å². The van der Waals surface area contributed by atoms with Crippen LogP contribution in [0.25, 0.3) is 0 Å². The van der Waals surface area contributed by atoms with Crippen LogP contribution in [-0.4, -0.2) is 60.1 Å². The number of carbonyl (C=O) groups is 3. The van der Waals surface area contributed by atoms with Crippen LogP contribution in [0.4, 0.5) is 0 Å². The summed E-state index contributed by atoms with van der Waals surface area (Å²) in [5, 5.41) is 24.0. The van der Waals surface area contributed by atoms with Crippen LogP contribution >= 0.6 is 0 Å². The molecule has 2 aliphatic heterocycles. The Bertz CT molecular complexity index is 747. The van der Waals surface area contributed by atoms with Gasteiger partial charge in [-0.05, 0) is 30.5 Å². The summed E-state index contributed by atoms with van der Waals surface area (Å²) in [6.07, 6.45) is 1.04. The molecule has 0 aromatic heterocycles. The molecule has 10 heteroatoms. The SMILES string of the molecule is O=C(O)CC(NC(C(=O)O)c1ccc2c(c1)OCO2)C(=O)NCC1CCCO1. The van der Waals surface area contributed by atoms with E-state index in [4.69, 9.17) is 19.3 Å². The van der Waals surface area contributed by atoms with Gasteiger partial charge in [0.2, 0.25) is 12.7 Å². The molecule has 0 aliphatic carbocycles. The summed E-state index contributed by atoms with van der Waals surface area (Å²) in [6.45, 7) is 0.915. The zero-order valence-corrected chi connectivity index (χ0v) is 15.1. The molecule has 0 spiro atoms. The van der Waals surface area contributed by atoms with Crippen LogP contribution in [0.2, 0.25) is 0 Å². The number of aliphatic carboxylic acids is 2. The standard InChI is InChI=1S/C18H22N2O8/c21-15(22)7-12(17(23)19-8-11-2-1-5-26-11)20-16(18(24)25)10-3-4-13-14(6-10)28-9-27-13/h3-4,6,11-12,16,20H,1-2,5,7-9H2,(H,19,23)(H,21,22)(H,24,25). The van der Waals surface area contributed by atoms with Gasteiger partial charge in [-0.1, -0.05) is 6.07 Å². The fourth-order valence-corrected chi connectivity index (χ4v) is 3.15. The number of hydrogen-bond donors (Lipinski definition) is 4. The van der Waals surface area contributed by atoms with Gasteiger partial charge in [0.15, 0.2) is 11.5 Å². The number of carboxylic acid groups (broad SMARTS) is 2. The van der Waals surface area contributed by atoms with E-state index in [0.717, 1.165) is 12.8 Å². The molecule has 0 saturated carbocycles. The third-order valence-electron chi connectivity index (χ3n) is 4.57. The van der Waals surface area contributed by atoms with Gasteiger partial charge in [-0.3, -0.25) is 19.7 Å². The highest BCUT2D eigenvalue weighted by atomic mass is 16.7. The second kappa shape index (κ2) is 8.89. The van der Waals surface area contributed by atoms with Crippen molar-refractivity contribution in [3.63, 3.8) is 0 Å². The number of amides is 1. The molecule has 10 nitrogen and oxygen atoms in total. The third-order valence-corrected chi connectivity index (χ3v) is 4.57. The Kier molecular flexibility index (Phi) is 6.32. The minimum absolute atomic E-state index is 0.0389. The van der Waals surface area contributed by atoms with Crippen LogP contribution in [0, 0.1) is 0 Å². The van der Waals surface area contributed by atoms with Crippen molar-refractivity contribution in [1.29, 1.82) is 0 Å². The Hall–Kier alpha value is -2.85. The molecule has 2 heterocycles. The molecule has 2 aliphatic rings. The normalized spacial score (nSPS) is 19.8. The number of benzene rings is 1. The molecule has 0 bridgehead atoms.